The van der Waals surface area contributed by atoms with E-state index in [4.69, 9.17) is 9.84 Å². The van der Waals surface area contributed by atoms with E-state index in [2.05, 4.69) is 5.32 Å². The molecular weight excluding hydrogens is 260 g/mol. The number of amides is 2. The van der Waals surface area contributed by atoms with E-state index in [1.165, 1.54) is 0 Å². The Bertz CT molecular complexity index is 325. The van der Waals surface area contributed by atoms with Crippen molar-refractivity contribution in [1.29, 1.82) is 0 Å². The van der Waals surface area contributed by atoms with Crippen molar-refractivity contribution < 1.29 is 19.4 Å². The summed E-state index contributed by atoms with van der Waals surface area (Å²) in [6, 6.07) is -0.172. The molecule has 1 heterocycles. The molecule has 1 rings (SSSR count). The van der Waals surface area contributed by atoms with Gasteiger partial charge in [0.05, 0.1) is 12.0 Å². The van der Waals surface area contributed by atoms with Crippen LogP contribution in [-0.2, 0) is 9.53 Å². The predicted octanol–water partition coefficient (Wildman–Crippen LogP) is 1.55. The summed E-state index contributed by atoms with van der Waals surface area (Å²) in [5, 5.41) is 11.9. The summed E-state index contributed by atoms with van der Waals surface area (Å²) in [5.41, 5.74) is 0. The normalized spacial score (nSPS) is 18.1. The number of carbonyl (C=O) groups is 2. The molecule has 1 fully saturated rings. The third-order valence-corrected chi connectivity index (χ3v) is 3.67. The van der Waals surface area contributed by atoms with E-state index in [1.807, 2.05) is 13.8 Å². The maximum Gasteiger partial charge on any atom is 0.317 e. The molecule has 20 heavy (non-hydrogen) atoms. The Kier molecular flexibility index (Phi) is 6.78. The van der Waals surface area contributed by atoms with E-state index in [0.717, 1.165) is 12.8 Å². The minimum atomic E-state index is -0.850. The van der Waals surface area contributed by atoms with Crippen LogP contribution in [0.5, 0.6) is 0 Å². The average molecular weight is 286 g/mol. The number of carbonyl (C=O) groups excluding carboxylic acids is 1. The number of nitrogens with zero attached hydrogens (tertiary/aromatic N) is 1. The molecule has 2 amide bonds. The van der Waals surface area contributed by atoms with Crippen LogP contribution in [0.1, 0.15) is 33.1 Å². The molecule has 0 aromatic rings. The summed E-state index contributed by atoms with van der Waals surface area (Å²) in [6.45, 7) is 5.47. The summed E-state index contributed by atoms with van der Waals surface area (Å²) >= 11 is 0. The van der Waals surface area contributed by atoms with Gasteiger partial charge in [0, 0.05) is 26.7 Å². The van der Waals surface area contributed by atoms with Crippen LogP contribution in [-0.4, -0.2) is 54.9 Å². The summed E-state index contributed by atoms with van der Waals surface area (Å²) in [4.78, 5) is 24.8. The van der Waals surface area contributed by atoms with Gasteiger partial charge in [-0.3, -0.25) is 4.79 Å². The third kappa shape index (κ3) is 5.36. The van der Waals surface area contributed by atoms with Gasteiger partial charge in [-0.15, -0.1) is 0 Å². The Morgan fingerprint density at radius 3 is 2.40 bits per heavy atom. The molecular formula is C14H26N2O4. The Morgan fingerprint density at radius 1 is 1.35 bits per heavy atom. The second kappa shape index (κ2) is 8.09. The van der Waals surface area contributed by atoms with Crippen molar-refractivity contribution in [3.8, 4) is 0 Å². The van der Waals surface area contributed by atoms with Gasteiger partial charge in [-0.2, -0.15) is 0 Å². The van der Waals surface area contributed by atoms with Crippen LogP contribution in [0.15, 0.2) is 0 Å². The molecule has 0 spiro atoms. The number of urea groups is 1. The lowest BCUT2D eigenvalue weighted by Crippen LogP contribution is -2.47. The molecule has 0 aliphatic carbocycles. The van der Waals surface area contributed by atoms with Crippen molar-refractivity contribution in [3.05, 3.63) is 0 Å². The first kappa shape index (κ1) is 16.8. The number of carboxylic acid groups (broad SMARTS) is 1. The highest BCUT2D eigenvalue weighted by Gasteiger charge is 2.24. The smallest absolute Gasteiger partial charge is 0.317 e. The highest BCUT2D eigenvalue weighted by Crippen LogP contribution is 2.14. The zero-order chi connectivity index (χ0) is 15.1. The molecule has 0 bridgehead atoms. The second-order valence-electron chi connectivity index (χ2n) is 5.77. The molecule has 0 saturated carbocycles. The number of piperidine rings is 1. The van der Waals surface area contributed by atoms with Crippen molar-refractivity contribution in [2.24, 2.45) is 11.8 Å². The molecule has 0 aromatic carbocycles. The fourth-order valence-corrected chi connectivity index (χ4v) is 2.46. The number of aliphatic carboxylic acids is 1. The maximum atomic E-state index is 12.0. The lowest BCUT2D eigenvalue weighted by molar-refractivity contribution is -0.142. The SMILES string of the molecule is COC1CCN(C(=O)NCC(CC(C)C)C(=O)O)CC1. The van der Waals surface area contributed by atoms with Crippen LogP contribution in [0.3, 0.4) is 0 Å². The molecule has 1 aliphatic heterocycles. The summed E-state index contributed by atoms with van der Waals surface area (Å²) in [5.74, 6) is -1.07. The van der Waals surface area contributed by atoms with Crippen molar-refractivity contribution in [2.45, 2.75) is 39.2 Å². The molecule has 1 unspecified atom stereocenters. The number of rotatable bonds is 6. The van der Waals surface area contributed by atoms with Gasteiger partial charge in [0.2, 0.25) is 0 Å². The lowest BCUT2D eigenvalue weighted by atomic mass is 9.97. The number of hydrogen-bond acceptors (Lipinski definition) is 3. The van der Waals surface area contributed by atoms with Gasteiger partial charge in [0.15, 0.2) is 0 Å². The Balaban J connectivity index is 2.36. The fraction of sp³-hybridized carbons (Fsp3) is 0.857. The molecule has 1 aliphatic rings. The standard InChI is InChI=1S/C14H26N2O4/c1-10(2)8-11(13(17)18)9-15-14(19)16-6-4-12(20-3)5-7-16/h10-12H,4-9H2,1-3H3,(H,15,19)(H,17,18). The zero-order valence-corrected chi connectivity index (χ0v) is 12.6. The van der Waals surface area contributed by atoms with Gasteiger partial charge in [0.25, 0.3) is 0 Å². The number of ether oxygens (including phenoxy) is 1. The van der Waals surface area contributed by atoms with Crippen LogP contribution >= 0.6 is 0 Å². The highest BCUT2D eigenvalue weighted by molar-refractivity contribution is 5.76. The van der Waals surface area contributed by atoms with Crippen molar-refractivity contribution >= 4 is 12.0 Å². The Morgan fingerprint density at radius 2 is 1.95 bits per heavy atom. The first-order valence-corrected chi connectivity index (χ1v) is 7.22. The van der Waals surface area contributed by atoms with Crippen molar-refractivity contribution in [3.63, 3.8) is 0 Å². The van der Waals surface area contributed by atoms with Crippen LogP contribution in [0.4, 0.5) is 4.79 Å². The first-order valence-electron chi connectivity index (χ1n) is 7.22. The summed E-state index contributed by atoms with van der Waals surface area (Å²) < 4.78 is 5.26. The van der Waals surface area contributed by atoms with Gasteiger partial charge >= 0.3 is 12.0 Å². The largest absolute Gasteiger partial charge is 0.481 e. The van der Waals surface area contributed by atoms with Gasteiger partial charge < -0.3 is 20.1 Å². The number of carboxylic acids is 1. The van der Waals surface area contributed by atoms with Crippen LogP contribution in [0.25, 0.3) is 0 Å². The predicted molar refractivity (Wildman–Crippen MR) is 75.6 cm³/mol. The molecule has 1 saturated heterocycles. The fourth-order valence-electron chi connectivity index (χ4n) is 2.46. The monoisotopic (exact) mass is 286 g/mol. The van der Waals surface area contributed by atoms with Crippen LogP contribution in [0.2, 0.25) is 0 Å². The molecule has 0 radical (unpaired) electrons. The molecule has 6 heteroatoms. The summed E-state index contributed by atoms with van der Waals surface area (Å²) in [7, 11) is 1.68. The minimum absolute atomic E-state index is 0.172. The Hall–Kier alpha value is -1.30. The van der Waals surface area contributed by atoms with E-state index in [-0.39, 0.29) is 18.7 Å². The maximum absolute atomic E-state index is 12.0. The highest BCUT2D eigenvalue weighted by atomic mass is 16.5. The molecule has 6 nitrogen and oxygen atoms in total. The quantitative estimate of drug-likeness (QED) is 0.776. The van der Waals surface area contributed by atoms with E-state index in [9.17, 15) is 9.59 Å². The van der Waals surface area contributed by atoms with Gasteiger partial charge in [-0.05, 0) is 25.2 Å². The Labute approximate surface area is 120 Å². The zero-order valence-electron chi connectivity index (χ0n) is 12.6. The third-order valence-electron chi connectivity index (χ3n) is 3.67. The van der Waals surface area contributed by atoms with Crippen molar-refractivity contribution in [2.75, 3.05) is 26.7 Å². The van der Waals surface area contributed by atoms with Crippen LogP contribution in [0, 0.1) is 11.8 Å². The van der Waals surface area contributed by atoms with E-state index in [0.29, 0.717) is 25.4 Å². The topological polar surface area (TPSA) is 78.9 Å². The van der Waals surface area contributed by atoms with Crippen LogP contribution < -0.4 is 5.32 Å². The molecule has 0 aromatic heterocycles. The van der Waals surface area contributed by atoms with Gasteiger partial charge in [-0.25, -0.2) is 4.79 Å². The number of nitrogens with one attached hydrogen (secondary N) is 1. The van der Waals surface area contributed by atoms with Gasteiger partial charge in [0.1, 0.15) is 0 Å². The number of hydrogen-bond donors (Lipinski definition) is 2. The first-order chi connectivity index (χ1) is 9.43. The average Bonchev–Trinajstić information content (AvgIpc) is 2.42. The molecule has 2 N–H and O–H groups in total. The van der Waals surface area contributed by atoms with Crippen molar-refractivity contribution in [1.82, 2.24) is 10.2 Å². The van der Waals surface area contributed by atoms with E-state index < -0.39 is 11.9 Å². The lowest BCUT2D eigenvalue weighted by Gasteiger charge is -2.31. The summed E-state index contributed by atoms with van der Waals surface area (Å²) in [6.07, 6.45) is 2.46. The van der Waals surface area contributed by atoms with E-state index >= 15 is 0 Å². The minimum Gasteiger partial charge on any atom is -0.481 e. The van der Waals surface area contributed by atoms with Gasteiger partial charge in [-0.1, -0.05) is 13.8 Å². The van der Waals surface area contributed by atoms with E-state index in [1.54, 1.807) is 12.0 Å². The second-order valence-corrected chi connectivity index (χ2v) is 5.77. The molecule has 1 atom stereocenters. The number of likely N-dealkylation sites (tertiary alicyclic amines) is 1. The molecule has 116 valence electrons. The number of methoxy groups -OCH3 is 1.